The van der Waals surface area contributed by atoms with Crippen LogP contribution in [0.15, 0.2) is 54.7 Å². The number of hydrogen-bond acceptors (Lipinski definition) is 6. The van der Waals surface area contributed by atoms with Crippen LogP contribution in [-0.2, 0) is 6.54 Å². The third kappa shape index (κ3) is 8.12. The fourth-order valence-corrected chi connectivity index (χ4v) is 4.24. The molecule has 9 heteroatoms. The van der Waals surface area contributed by atoms with Crippen molar-refractivity contribution >= 4 is 11.8 Å². The summed E-state index contributed by atoms with van der Waals surface area (Å²) in [5, 5.41) is 6.42. The maximum Gasteiger partial charge on any atom is 0.573 e. The van der Waals surface area contributed by atoms with Crippen LogP contribution in [-0.4, -0.2) is 28.9 Å². The third-order valence-corrected chi connectivity index (χ3v) is 6.23. The minimum atomic E-state index is -4.77. The lowest BCUT2D eigenvalue weighted by Gasteiger charge is -2.26. The second-order valence-corrected chi connectivity index (χ2v) is 9.25. The minimum Gasteiger partial charge on any atom is -0.405 e. The molecule has 0 saturated heterocycles. The molecule has 1 aromatic heterocycles. The van der Waals surface area contributed by atoms with Gasteiger partial charge >= 0.3 is 6.36 Å². The molecule has 0 aliphatic heterocycles. The molecule has 1 aliphatic carbocycles. The zero-order valence-corrected chi connectivity index (χ0v) is 20.6. The van der Waals surface area contributed by atoms with Crippen LogP contribution in [0.5, 0.6) is 5.75 Å². The van der Waals surface area contributed by atoms with Gasteiger partial charge in [-0.25, -0.2) is 4.98 Å². The Morgan fingerprint density at radius 3 is 2.57 bits per heavy atom. The first-order valence-corrected chi connectivity index (χ1v) is 12.3. The van der Waals surface area contributed by atoms with Crippen molar-refractivity contribution in [2.45, 2.75) is 51.6 Å². The normalized spacial score (nSPS) is 17.4. The smallest absolute Gasteiger partial charge is 0.405 e. The molecule has 0 unspecified atom stereocenters. The van der Waals surface area contributed by atoms with Crippen molar-refractivity contribution in [2.75, 3.05) is 17.2 Å². The van der Waals surface area contributed by atoms with Crippen LogP contribution in [0, 0.1) is 24.7 Å². The lowest BCUT2D eigenvalue weighted by atomic mass is 9.86. The molecule has 2 aromatic carbocycles. The van der Waals surface area contributed by atoms with Gasteiger partial charge in [0.05, 0.1) is 11.8 Å². The molecule has 4 N–H and O–H groups in total. The van der Waals surface area contributed by atoms with Gasteiger partial charge in [0.15, 0.2) is 0 Å². The average Bonchev–Trinajstić information content (AvgIpc) is 2.86. The molecule has 1 saturated carbocycles. The molecule has 0 spiro atoms. The summed E-state index contributed by atoms with van der Waals surface area (Å²) in [5.74, 6) is 7.38. The Morgan fingerprint density at radius 1 is 1.03 bits per heavy atom. The summed E-state index contributed by atoms with van der Waals surface area (Å²) in [6, 6.07) is 14.1. The van der Waals surface area contributed by atoms with E-state index in [4.69, 9.17) is 5.73 Å². The lowest BCUT2D eigenvalue weighted by Crippen LogP contribution is -2.29. The van der Waals surface area contributed by atoms with Gasteiger partial charge in [0.2, 0.25) is 5.95 Å². The van der Waals surface area contributed by atoms with E-state index in [1.807, 2.05) is 31.2 Å². The van der Waals surface area contributed by atoms with Crippen molar-refractivity contribution in [3.63, 3.8) is 0 Å². The van der Waals surface area contributed by atoms with Gasteiger partial charge in [-0.15, -0.1) is 13.2 Å². The summed E-state index contributed by atoms with van der Waals surface area (Å²) >= 11 is 0. The van der Waals surface area contributed by atoms with Crippen molar-refractivity contribution in [2.24, 2.45) is 11.7 Å². The lowest BCUT2D eigenvalue weighted by molar-refractivity contribution is -0.274. The van der Waals surface area contributed by atoms with E-state index in [9.17, 15) is 13.2 Å². The van der Waals surface area contributed by atoms with Crippen LogP contribution < -0.4 is 21.1 Å². The highest BCUT2D eigenvalue weighted by Gasteiger charge is 2.32. The van der Waals surface area contributed by atoms with Gasteiger partial charge in [0.25, 0.3) is 0 Å². The summed E-state index contributed by atoms with van der Waals surface area (Å²) in [4.78, 5) is 8.95. The number of anilines is 2. The molecule has 0 bridgehead atoms. The first kappa shape index (κ1) is 26.3. The number of ether oxygens (including phenoxy) is 1. The summed E-state index contributed by atoms with van der Waals surface area (Å²) < 4.78 is 42.4. The van der Waals surface area contributed by atoms with Gasteiger partial charge in [-0.3, -0.25) is 0 Å². The number of benzene rings is 2. The molecule has 1 aliphatic rings. The molecular weight excluding hydrogens is 479 g/mol. The van der Waals surface area contributed by atoms with Crippen LogP contribution in [0.1, 0.15) is 47.9 Å². The predicted molar refractivity (Wildman–Crippen MR) is 138 cm³/mol. The summed E-state index contributed by atoms with van der Waals surface area (Å²) in [6.45, 7) is 2.79. The summed E-state index contributed by atoms with van der Waals surface area (Å²) in [7, 11) is 0. The summed E-state index contributed by atoms with van der Waals surface area (Å²) in [5.41, 5.74) is 9.01. The second-order valence-electron chi connectivity index (χ2n) is 9.25. The van der Waals surface area contributed by atoms with Gasteiger partial charge in [0, 0.05) is 30.3 Å². The number of halogens is 3. The molecule has 0 amide bonds. The molecule has 194 valence electrons. The predicted octanol–water partition coefficient (Wildman–Crippen LogP) is 5.62. The number of alkyl halides is 3. The van der Waals surface area contributed by atoms with Crippen LogP contribution >= 0.6 is 0 Å². The van der Waals surface area contributed by atoms with E-state index in [1.54, 1.807) is 18.3 Å². The van der Waals surface area contributed by atoms with Crippen molar-refractivity contribution in [3.05, 3.63) is 77.0 Å². The van der Waals surface area contributed by atoms with Crippen LogP contribution in [0.2, 0.25) is 0 Å². The Kier molecular flexibility index (Phi) is 8.51. The second kappa shape index (κ2) is 12.0. The standard InChI is InChI=1S/C28H30F3N5O/c1-19-5-4-6-20(15-19)9-12-23-18-35-27(36-26(23)33-16-21-10-13-24(32)14-11-21)34-17-22-7-2-3-8-25(22)37-28(29,30)31/h2-8,15,18,21,24H,10-11,13-14,16-17,32H2,1H3,(H2,33,34,35,36). The van der Waals surface area contributed by atoms with E-state index in [0.717, 1.165) is 43.4 Å². The molecule has 6 nitrogen and oxygen atoms in total. The fraction of sp³-hybridized carbons (Fsp3) is 0.357. The Hall–Kier alpha value is -3.77. The van der Waals surface area contributed by atoms with Crippen molar-refractivity contribution < 1.29 is 17.9 Å². The number of nitrogens with one attached hydrogen (secondary N) is 2. The largest absolute Gasteiger partial charge is 0.573 e. The van der Waals surface area contributed by atoms with E-state index >= 15 is 0 Å². The van der Waals surface area contributed by atoms with Gasteiger partial charge in [-0.1, -0.05) is 42.2 Å². The molecular formula is C28H30F3N5O. The molecule has 1 fully saturated rings. The zero-order chi connectivity index (χ0) is 26.3. The number of para-hydroxylation sites is 1. The number of nitrogens with zero attached hydrogens (tertiary/aromatic N) is 2. The Balaban J connectivity index is 1.52. The van der Waals surface area contributed by atoms with Gasteiger partial charge in [0.1, 0.15) is 11.6 Å². The highest BCUT2D eigenvalue weighted by atomic mass is 19.4. The topological polar surface area (TPSA) is 85.1 Å². The molecule has 0 radical (unpaired) electrons. The average molecular weight is 510 g/mol. The van der Waals surface area contributed by atoms with Crippen molar-refractivity contribution in [1.29, 1.82) is 0 Å². The molecule has 1 heterocycles. The van der Waals surface area contributed by atoms with Gasteiger partial charge in [-0.2, -0.15) is 4.98 Å². The van der Waals surface area contributed by atoms with Gasteiger partial charge in [-0.05, 0) is 62.3 Å². The number of aromatic nitrogens is 2. The SMILES string of the molecule is Cc1cccc(C#Cc2cnc(NCc3ccccc3OC(F)(F)F)nc2NCC2CCC(N)CC2)c1. The van der Waals surface area contributed by atoms with Gasteiger partial charge < -0.3 is 21.1 Å². The first-order chi connectivity index (χ1) is 17.7. The molecule has 37 heavy (non-hydrogen) atoms. The van der Waals surface area contributed by atoms with E-state index in [2.05, 4.69) is 37.2 Å². The van der Waals surface area contributed by atoms with Crippen LogP contribution in [0.4, 0.5) is 24.9 Å². The third-order valence-electron chi connectivity index (χ3n) is 6.23. The Labute approximate surface area is 214 Å². The summed E-state index contributed by atoms with van der Waals surface area (Å²) in [6.07, 6.45) is 0.944. The molecule has 4 rings (SSSR count). The highest BCUT2D eigenvalue weighted by molar-refractivity contribution is 5.57. The van der Waals surface area contributed by atoms with E-state index < -0.39 is 6.36 Å². The maximum absolute atomic E-state index is 12.8. The van der Waals surface area contributed by atoms with Crippen LogP contribution in [0.25, 0.3) is 0 Å². The Morgan fingerprint density at radius 2 is 1.81 bits per heavy atom. The van der Waals surface area contributed by atoms with Crippen molar-refractivity contribution in [3.8, 4) is 17.6 Å². The fourth-order valence-electron chi connectivity index (χ4n) is 4.24. The molecule has 3 aromatic rings. The first-order valence-electron chi connectivity index (χ1n) is 12.3. The monoisotopic (exact) mass is 509 g/mol. The van der Waals surface area contributed by atoms with E-state index in [-0.39, 0.29) is 24.3 Å². The number of rotatable bonds is 7. The maximum atomic E-state index is 12.8. The highest BCUT2D eigenvalue weighted by Crippen LogP contribution is 2.27. The minimum absolute atomic E-state index is 0.0561. The number of aryl methyl sites for hydroxylation is 1. The van der Waals surface area contributed by atoms with E-state index in [0.29, 0.717) is 22.9 Å². The van der Waals surface area contributed by atoms with E-state index in [1.165, 1.54) is 12.1 Å². The quantitative estimate of drug-likeness (QED) is 0.358. The van der Waals surface area contributed by atoms with Crippen molar-refractivity contribution in [1.82, 2.24) is 9.97 Å². The molecule has 0 atom stereocenters. The Bertz CT molecular complexity index is 1260. The van der Waals surface area contributed by atoms with Crippen LogP contribution in [0.3, 0.4) is 0 Å². The zero-order valence-electron chi connectivity index (χ0n) is 20.6. The number of hydrogen-bond donors (Lipinski definition) is 3. The number of nitrogens with two attached hydrogens (primary N) is 1.